The Bertz CT molecular complexity index is 375. The Morgan fingerprint density at radius 1 is 0.905 bits per heavy atom. The highest BCUT2D eigenvalue weighted by atomic mass is 16.5. The van der Waals surface area contributed by atoms with E-state index in [1.807, 2.05) is 10.9 Å². The first-order chi connectivity index (χ1) is 9.90. The van der Waals surface area contributed by atoms with Crippen molar-refractivity contribution >= 4 is 0 Å². The lowest BCUT2D eigenvalue weighted by molar-refractivity contribution is 0.0234. The van der Waals surface area contributed by atoms with E-state index in [1.54, 1.807) is 0 Å². The molecule has 0 amide bonds. The fourth-order valence-corrected chi connectivity index (χ4v) is 1.81. The number of hydrogen-bond acceptors (Lipinski definition) is 4. The Morgan fingerprint density at radius 2 is 1.43 bits per heavy atom. The van der Waals surface area contributed by atoms with E-state index in [0.29, 0.717) is 31.0 Å². The van der Waals surface area contributed by atoms with E-state index >= 15 is 0 Å². The molecule has 0 unspecified atom stereocenters. The highest BCUT2D eigenvalue weighted by Gasteiger charge is 2.16. The quantitative estimate of drug-likeness (QED) is 0.665. The van der Waals surface area contributed by atoms with Crippen molar-refractivity contribution in [2.75, 3.05) is 26.4 Å². The third-order valence-corrected chi connectivity index (χ3v) is 3.02. The molecule has 0 bridgehead atoms. The van der Waals surface area contributed by atoms with Crippen LogP contribution in [0.2, 0.25) is 0 Å². The predicted octanol–water partition coefficient (Wildman–Crippen LogP) is 3.29. The summed E-state index contributed by atoms with van der Waals surface area (Å²) in [6.07, 6.45) is 2.01. The van der Waals surface area contributed by atoms with Crippen LogP contribution in [0.1, 0.15) is 59.2 Å². The lowest BCUT2D eigenvalue weighted by Crippen LogP contribution is -2.23. The molecule has 0 saturated carbocycles. The first-order valence-corrected chi connectivity index (χ1v) is 7.97. The van der Waals surface area contributed by atoms with Crippen molar-refractivity contribution in [3.8, 4) is 0 Å². The zero-order chi connectivity index (χ0) is 15.8. The summed E-state index contributed by atoms with van der Waals surface area (Å²) in [6, 6.07) is 0.0856. The molecule has 0 aliphatic rings. The van der Waals surface area contributed by atoms with Gasteiger partial charge in [0.05, 0.1) is 18.9 Å². The van der Waals surface area contributed by atoms with Crippen LogP contribution in [0.5, 0.6) is 0 Å². The first kappa shape index (κ1) is 18.1. The molecular formula is C16H31N3O2. The van der Waals surface area contributed by atoms with E-state index in [1.165, 1.54) is 0 Å². The molecule has 21 heavy (non-hydrogen) atoms. The Morgan fingerprint density at radius 3 is 1.81 bits per heavy atom. The number of ether oxygens (including phenoxy) is 2. The van der Waals surface area contributed by atoms with Gasteiger partial charge in [0, 0.05) is 19.4 Å². The van der Waals surface area contributed by atoms with E-state index < -0.39 is 0 Å². The Kier molecular flexibility index (Phi) is 7.89. The van der Waals surface area contributed by atoms with Crippen molar-refractivity contribution in [3.05, 3.63) is 11.9 Å². The van der Waals surface area contributed by atoms with Crippen molar-refractivity contribution in [2.24, 2.45) is 11.8 Å². The van der Waals surface area contributed by atoms with Crippen LogP contribution in [-0.2, 0) is 9.47 Å². The molecule has 0 aliphatic carbocycles. The Hall–Kier alpha value is -0.940. The molecule has 0 atom stereocenters. The van der Waals surface area contributed by atoms with Gasteiger partial charge in [-0.25, -0.2) is 4.68 Å². The van der Waals surface area contributed by atoms with E-state index in [9.17, 15) is 0 Å². The monoisotopic (exact) mass is 297 g/mol. The van der Waals surface area contributed by atoms with Crippen LogP contribution in [0.4, 0.5) is 0 Å². The summed E-state index contributed by atoms with van der Waals surface area (Å²) in [6.45, 7) is 15.6. The third-order valence-electron chi connectivity index (χ3n) is 3.02. The smallest absolute Gasteiger partial charge is 0.100 e. The van der Waals surface area contributed by atoms with Gasteiger partial charge < -0.3 is 9.47 Å². The van der Waals surface area contributed by atoms with Crippen molar-refractivity contribution in [2.45, 2.75) is 53.5 Å². The standard InChI is InChI=1S/C16H31N3O2/c1-12(2)8-20-10-15(11-21-9-13(3)4)19-7-16(14(5)6)17-18-19/h7,12-15H,8-11H2,1-6H3. The van der Waals surface area contributed by atoms with Gasteiger partial charge in [0.25, 0.3) is 0 Å². The molecule has 0 spiro atoms. The Labute approximate surface area is 129 Å². The SMILES string of the molecule is CC(C)COCC(COCC(C)C)n1cc(C(C)C)nn1. The van der Waals surface area contributed by atoms with Crippen LogP contribution in [-0.4, -0.2) is 41.4 Å². The second-order valence-corrected chi connectivity index (χ2v) is 6.79. The predicted molar refractivity (Wildman–Crippen MR) is 84.5 cm³/mol. The summed E-state index contributed by atoms with van der Waals surface area (Å²) in [5, 5.41) is 8.46. The van der Waals surface area contributed by atoms with E-state index in [2.05, 4.69) is 51.9 Å². The van der Waals surface area contributed by atoms with Gasteiger partial charge in [-0.2, -0.15) is 0 Å². The van der Waals surface area contributed by atoms with Crippen molar-refractivity contribution < 1.29 is 9.47 Å². The van der Waals surface area contributed by atoms with Gasteiger partial charge in [0.15, 0.2) is 0 Å². The summed E-state index contributed by atoms with van der Waals surface area (Å²) in [4.78, 5) is 0. The van der Waals surface area contributed by atoms with E-state index in [4.69, 9.17) is 9.47 Å². The van der Waals surface area contributed by atoms with E-state index in [-0.39, 0.29) is 6.04 Å². The van der Waals surface area contributed by atoms with Crippen LogP contribution in [0.15, 0.2) is 6.20 Å². The summed E-state index contributed by atoms with van der Waals surface area (Å²) < 4.78 is 13.4. The molecule has 5 nitrogen and oxygen atoms in total. The van der Waals surface area contributed by atoms with Crippen molar-refractivity contribution in [1.82, 2.24) is 15.0 Å². The largest absolute Gasteiger partial charge is 0.379 e. The minimum Gasteiger partial charge on any atom is -0.379 e. The molecule has 122 valence electrons. The molecule has 0 fully saturated rings. The van der Waals surface area contributed by atoms with Crippen LogP contribution >= 0.6 is 0 Å². The third kappa shape index (κ3) is 7.05. The zero-order valence-corrected chi connectivity index (χ0v) is 14.4. The van der Waals surface area contributed by atoms with Crippen LogP contribution in [0.25, 0.3) is 0 Å². The van der Waals surface area contributed by atoms with Gasteiger partial charge in [0.2, 0.25) is 0 Å². The van der Waals surface area contributed by atoms with Gasteiger partial charge in [-0.15, -0.1) is 5.10 Å². The molecule has 5 heteroatoms. The zero-order valence-electron chi connectivity index (χ0n) is 14.4. The van der Waals surface area contributed by atoms with Crippen molar-refractivity contribution in [1.29, 1.82) is 0 Å². The number of nitrogens with zero attached hydrogens (tertiary/aromatic N) is 3. The first-order valence-electron chi connectivity index (χ1n) is 7.97. The number of hydrogen-bond donors (Lipinski definition) is 0. The summed E-state index contributed by atoms with van der Waals surface area (Å²) in [5.41, 5.74) is 1.01. The molecule has 0 N–H and O–H groups in total. The number of aromatic nitrogens is 3. The second-order valence-electron chi connectivity index (χ2n) is 6.79. The van der Waals surface area contributed by atoms with Crippen LogP contribution in [0, 0.1) is 11.8 Å². The Balaban J connectivity index is 2.60. The fourth-order valence-electron chi connectivity index (χ4n) is 1.81. The normalized spacial score (nSPS) is 12.3. The maximum atomic E-state index is 5.77. The second kappa shape index (κ2) is 9.15. The summed E-state index contributed by atoms with van der Waals surface area (Å²) in [7, 11) is 0. The van der Waals surface area contributed by atoms with Gasteiger partial charge in [0.1, 0.15) is 6.04 Å². The molecule has 0 saturated heterocycles. The van der Waals surface area contributed by atoms with Crippen molar-refractivity contribution in [3.63, 3.8) is 0 Å². The van der Waals surface area contributed by atoms with Gasteiger partial charge >= 0.3 is 0 Å². The van der Waals surface area contributed by atoms with Crippen LogP contribution in [0.3, 0.4) is 0 Å². The molecule has 1 aromatic rings. The highest BCUT2D eigenvalue weighted by molar-refractivity contribution is 4.99. The molecule has 1 heterocycles. The maximum absolute atomic E-state index is 5.77. The minimum atomic E-state index is 0.0856. The van der Waals surface area contributed by atoms with Crippen LogP contribution < -0.4 is 0 Å². The topological polar surface area (TPSA) is 49.2 Å². The molecule has 0 radical (unpaired) electrons. The molecule has 0 aromatic carbocycles. The summed E-state index contributed by atoms with van der Waals surface area (Å²) in [5.74, 6) is 1.45. The average Bonchev–Trinajstić information content (AvgIpc) is 2.85. The van der Waals surface area contributed by atoms with E-state index in [0.717, 1.165) is 18.9 Å². The molecule has 0 aliphatic heterocycles. The van der Waals surface area contributed by atoms with Gasteiger partial charge in [-0.1, -0.05) is 46.8 Å². The fraction of sp³-hybridized carbons (Fsp3) is 0.875. The van der Waals surface area contributed by atoms with Gasteiger partial charge in [-0.05, 0) is 17.8 Å². The minimum absolute atomic E-state index is 0.0856. The number of rotatable bonds is 10. The average molecular weight is 297 g/mol. The molecular weight excluding hydrogens is 266 g/mol. The summed E-state index contributed by atoms with van der Waals surface area (Å²) >= 11 is 0. The maximum Gasteiger partial charge on any atom is 0.100 e. The lowest BCUT2D eigenvalue weighted by Gasteiger charge is -2.18. The van der Waals surface area contributed by atoms with Gasteiger partial charge in [-0.3, -0.25) is 0 Å². The molecule has 1 rings (SSSR count). The highest BCUT2D eigenvalue weighted by Crippen LogP contribution is 2.14. The molecule has 1 aromatic heterocycles. The lowest BCUT2D eigenvalue weighted by atomic mass is 10.1.